The van der Waals surface area contributed by atoms with Crippen LogP contribution in [0.3, 0.4) is 0 Å². The van der Waals surface area contributed by atoms with E-state index in [4.69, 9.17) is 18.0 Å². The smallest absolute Gasteiger partial charge is 0.269 e. The van der Waals surface area contributed by atoms with Crippen molar-refractivity contribution in [2.24, 2.45) is 0 Å². The van der Waals surface area contributed by atoms with Gasteiger partial charge >= 0.3 is 0 Å². The van der Waals surface area contributed by atoms with Crippen LogP contribution in [0.25, 0.3) is 0 Å². The average Bonchev–Trinajstić information content (AvgIpc) is 2.18. The maximum Gasteiger partial charge on any atom is 0.269 e. The van der Waals surface area contributed by atoms with Crippen molar-refractivity contribution >= 4 is 17.5 Å². The van der Waals surface area contributed by atoms with Gasteiger partial charge in [0.2, 0.25) is 0 Å². The molecular weight excluding hydrogens is 200 g/mol. The monoisotopic (exact) mass is 208 g/mol. The first-order valence-electron chi connectivity index (χ1n) is 4.08. The molecule has 0 atom stereocenters. The first kappa shape index (κ1) is 10.6. The Morgan fingerprint density at radius 2 is 2.43 bits per heavy atom. The molecule has 0 aliphatic heterocycles. The lowest BCUT2D eigenvalue weighted by molar-refractivity contribution is 0.0949. The van der Waals surface area contributed by atoms with Crippen LogP contribution in [0.15, 0.2) is 18.2 Å². The van der Waals surface area contributed by atoms with Crippen molar-refractivity contribution in [1.29, 1.82) is 0 Å². The van der Waals surface area contributed by atoms with Crippen LogP contribution in [0.2, 0.25) is 5.15 Å². The Labute approximate surface area is 87.5 Å². The van der Waals surface area contributed by atoms with E-state index in [-0.39, 0.29) is 5.91 Å². The molecule has 0 saturated heterocycles. The van der Waals surface area contributed by atoms with Crippen molar-refractivity contribution in [2.45, 2.75) is 6.42 Å². The Morgan fingerprint density at radius 1 is 1.64 bits per heavy atom. The van der Waals surface area contributed by atoms with Gasteiger partial charge in [-0.25, -0.2) is 4.98 Å². The molecule has 0 fully saturated rings. The van der Waals surface area contributed by atoms with Gasteiger partial charge in [-0.3, -0.25) is 4.79 Å². The molecule has 0 aromatic carbocycles. The summed E-state index contributed by atoms with van der Waals surface area (Å²) in [6, 6.07) is 4.88. The van der Waals surface area contributed by atoms with E-state index in [0.29, 0.717) is 23.8 Å². The molecule has 72 valence electrons. The topological polar surface area (TPSA) is 42.0 Å². The Kier molecular flexibility index (Phi) is 3.96. The van der Waals surface area contributed by atoms with Crippen molar-refractivity contribution in [2.75, 3.05) is 6.54 Å². The van der Waals surface area contributed by atoms with Crippen LogP contribution in [-0.2, 0) is 0 Å². The van der Waals surface area contributed by atoms with Gasteiger partial charge in [-0.2, -0.15) is 0 Å². The number of terminal acetylenes is 1. The van der Waals surface area contributed by atoms with E-state index in [1.54, 1.807) is 18.2 Å². The van der Waals surface area contributed by atoms with Crippen molar-refractivity contribution in [3.63, 3.8) is 0 Å². The number of pyridine rings is 1. The molecule has 14 heavy (non-hydrogen) atoms. The Hall–Kier alpha value is -1.53. The predicted molar refractivity (Wildman–Crippen MR) is 55.0 cm³/mol. The number of hydrogen-bond donors (Lipinski definition) is 1. The van der Waals surface area contributed by atoms with Gasteiger partial charge in [0.25, 0.3) is 5.91 Å². The first-order valence-corrected chi connectivity index (χ1v) is 4.46. The maximum atomic E-state index is 11.4. The minimum Gasteiger partial charge on any atom is -0.350 e. The number of carbonyl (C=O) groups excluding carboxylic acids is 1. The quantitative estimate of drug-likeness (QED) is 0.465. The van der Waals surface area contributed by atoms with Crippen LogP contribution < -0.4 is 5.32 Å². The number of halogens is 1. The van der Waals surface area contributed by atoms with Gasteiger partial charge < -0.3 is 5.32 Å². The number of nitrogens with zero attached hydrogens (tertiary/aromatic N) is 1. The number of rotatable bonds is 3. The minimum atomic E-state index is -0.261. The second-order valence-corrected chi connectivity index (χ2v) is 2.94. The second kappa shape index (κ2) is 5.25. The summed E-state index contributed by atoms with van der Waals surface area (Å²) in [5.41, 5.74) is 0.300. The molecule has 0 unspecified atom stereocenters. The highest BCUT2D eigenvalue weighted by Crippen LogP contribution is 2.04. The van der Waals surface area contributed by atoms with E-state index in [9.17, 15) is 4.79 Å². The molecule has 1 aromatic rings. The SMILES string of the molecule is C#CCCNC(=O)c1cccc(Cl)n1. The molecule has 4 heteroatoms. The first-order chi connectivity index (χ1) is 6.74. The summed E-state index contributed by atoms with van der Waals surface area (Å²) in [5.74, 6) is 2.16. The van der Waals surface area contributed by atoms with Crippen LogP contribution in [0.4, 0.5) is 0 Å². The second-order valence-electron chi connectivity index (χ2n) is 2.56. The van der Waals surface area contributed by atoms with E-state index >= 15 is 0 Å². The van der Waals surface area contributed by atoms with Crippen molar-refractivity contribution < 1.29 is 4.79 Å². The van der Waals surface area contributed by atoms with E-state index < -0.39 is 0 Å². The van der Waals surface area contributed by atoms with Crippen molar-refractivity contribution in [3.8, 4) is 12.3 Å². The molecule has 1 heterocycles. The zero-order chi connectivity index (χ0) is 10.4. The van der Waals surface area contributed by atoms with E-state index in [1.807, 2.05) is 0 Å². The molecule has 0 spiro atoms. The lowest BCUT2D eigenvalue weighted by Crippen LogP contribution is -2.25. The third kappa shape index (κ3) is 3.08. The highest BCUT2D eigenvalue weighted by molar-refractivity contribution is 6.29. The Bertz CT molecular complexity index is 371. The molecular formula is C10H9ClN2O. The largest absolute Gasteiger partial charge is 0.350 e. The van der Waals surface area contributed by atoms with Crippen LogP contribution in [0, 0.1) is 12.3 Å². The van der Waals surface area contributed by atoms with Gasteiger partial charge in [-0.15, -0.1) is 12.3 Å². The summed E-state index contributed by atoms with van der Waals surface area (Å²) in [4.78, 5) is 15.2. The summed E-state index contributed by atoms with van der Waals surface area (Å²) in [7, 11) is 0. The zero-order valence-electron chi connectivity index (χ0n) is 7.46. The fraction of sp³-hybridized carbons (Fsp3) is 0.200. The summed E-state index contributed by atoms with van der Waals surface area (Å²) < 4.78 is 0. The summed E-state index contributed by atoms with van der Waals surface area (Å²) in [5, 5.41) is 2.93. The third-order valence-corrected chi connectivity index (χ3v) is 1.71. The average molecular weight is 209 g/mol. The molecule has 3 nitrogen and oxygen atoms in total. The highest BCUT2D eigenvalue weighted by Gasteiger charge is 2.05. The van der Waals surface area contributed by atoms with E-state index in [2.05, 4.69) is 16.2 Å². The fourth-order valence-electron chi connectivity index (χ4n) is 0.873. The molecule has 0 aliphatic carbocycles. The van der Waals surface area contributed by atoms with Gasteiger partial charge in [-0.1, -0.05) is 17.7 Å². The third-order valence-electron chi connectivity index (χ3n) is 1.50. The maximum absolute atomic E-state index is 11.4. The molecule has 1 aromatic heterocycles. The van der Waals surface area contributed by atoms with Gasteiger partial charge in [-0.05, 0) is 12.1 Å². The normalized spacial score (nSPS) is 9.14. The molecule has 1 amide bonds. The summed E-state index contributed by atoms with van der Waals surface area (Å²) in [6.07, 6.45) is 5.55. The van der Waals surface area contributed by atoms with Crippen LogP contribution >= 0.6 is 11.6 Å². The lowest BCUT2D eigenvalue weighted by atomic mass is 10.3. The number of hydrogen-bond acceptors (Lipinski definition) is 2. The molecule has 0 bridgehead atoms. The molecule has 0 aliphatic rings. The summed E-state index contributed by atoms with van der Waals surface area (Å²) in [6.45, 7) is 0.448. The Balaban J connectivity index is 2.57. The highest BCUT2D eigenvalue weighted by atomic mass is 35.5. The minimum absolute atomic E-state index is 0.261. The Morgan fingerprint density at radius 3 is 3.07 bits per heavy atom. The van der Waals surface area contributed by atoms with Crippen LogP contribution in [-0.4, -0.2) is 17.4 Å². The van der Waals surface area contributed by atoms with Crippen molar-refractivity contribution in [3.05, 3.63) is 29.0 Å². The van der Waals surface area contributed by atoms with Gasteiger partial charge in [0.05, 0.1) is 0 Å². The molecule has 1 rings (SSSR count). The van der Waals surface area contributed by atoms with E-state index in [1.165, 1.54) is 0 Å². The number of amides is 1. The standard InChI is InChI=1S/C10H9ClN2O/c1-2-3-7-12-10(14)8-5-4-6-9(11)13-8/h1,4-6H,3,7H2,(H,12,14). The predicted octanol–water partition coefficient (Wildman–Crippen LogP) is 1.49. The van der Waals surface area contributed by atoms with Crippen molar-refractivity contribution in [1.82, 2.24) is 10.3 Å². The fourth-order valence-corrected chi connectivity index (χ4v) is 1.04. The molecule has 0 radical (unpaired) electrons. The van der Waals surface area contributed by atoms with Gasteiger partial charge in [0, 0.05) is 13.0 Å². The van der Waals surface area contributed by atoms with E-state index in [0.717, 1.165) is 0 Å². The number of carbonyl (C=O) groups is 1. The van der Waals surface area contributed by atoms with Crippen LogP contribution in [0.5, 0.6) is 0 Å². The van der Waals surface area contributed by atoms with Crippen LogP contribution in [0.1, 0.15) is 16.9 Å². The summed E-state index contributed by atoms with van der Waals surface area (Å²) >= 11 is 5.63. The molecule has 0 saturated carbocycles. The molecule has 1 N–H and O–H groups in total. The lowest BCUT2D eigenvalue weighted by Gasteiger charge is -2.01. The number of aromatic nitrogens is 1. The zero-order valence-corrected chi connectivity index (χ0v) is 8.21. The van der Waals surface area contributed by atoms with Gasteiger partial charge in [0.15, 0.2) is 0 Å². The number of nitrogens with one attached hydrogen (secondary N) is 1. The van der Waals surface area contributed by atoms with Gasteiger partial charge in [0.1, 0.15) is 10.8 Å².